The van der Waals surface area contributed by atoms with Crippen LogP contribution in [0.2, 0.25) is 0 Å². The third-order valence-corrected chi connectivity index (χ3v) is 2.47. The lowest BCUT2D eigenvalue weighted by Gasteiger charge is -2.24. The minimum absolute atomic E-state index is 0.0423. The lowest BCUT2D eigenvalue weighted by molar-refractivity contribution is -0.115. The van der Waals surface area contributed by atoms with Gasteiger partial charge in [0.05, 0.1) is 0 Å². The molecule has 0 aromatic carbocycles. The summed E-state index contributed by atoms with van der Waals surface area (Å²) in [6.07, 6.45) is 5.89. The van der Waals surface area contributed by atoms with E-state index in [1.54, 1.807) is 0 Å². The van der Waals surface area contributed by atoms with Crippen LogP contribution in [0.1, 0.15) is 19.3 Å². The first-order chi connectivity index (χ1) is 5.77. The average Bonchev–Trinajstić information content (AvgIpc) is 2.04. The second kappa shape index (κ2) is 2.98. The summed E-state index contributed by atoms with van der Waals surface area (Å²) in [7, 11) is 0. The summed E-state index contributed by atoms with van der Waals surface area (Å²) in [5.41, 5.74) is 0.807. The number of carbonyl (C=O) groups excluding carboxylic acids is 1. The van der Waals surface area contributed by atoms with Crippen LogP contribution in [0.15, 0.2) is 23.5 Å². The summed E-state index contributed by atoms with van der Waals surface area (Å²) in [5, 5.41) is 0. The van der Waals surface area contributed by atoms with Crippen LogP contribution < -0.4 is 0 Å². The topological polar surface area (TPSA) is 26.3 Å². The maximum absolute atomic E-state index is 11.3. The molecule has 1 unspecified atom stereocenters. The zero-order chi connectivity index (χ0) is 8.55. The zero-order valence-electron chi connectivity index (χ0n) is 6.62. The first-order valence-electron chi connectivity index (χ1n) is 4.05. The summed E-state index contributed by atoms with van der Waals surface area (Å²) < 4.78 is 5.40. The van der Waals surface area contributed by atoms with Gasteiger partial charge < -0.3 is 4.74 Å². The Morgan fingerprint density at radius 3 is 3.25 bits per heavy atom. The number of allylic oxidation sites excluding steroid dienone is 3. The number of hydrogen-bond acceptors (Lipinski definition) is 3. The van der Waals surface area contributed by atoms with E-state index in [0.29, 0.717) is 6.42 Å². The Hall–Kier alpha value is -0.700. The number of ether oxygens (including phenoxy) is 1. The fourth-order valence-corrected chi connectivity index (χ4v) is 1.72. The Morgan fingerprint density at radius 1 is 1.58 bits per heavy atom. The Balaban J connectivity index is 2.30. The standard InChI is InChI=1S/C9H10O2S/c10-7-2-1-3-8-6(7)4-5-9(12)11-8/h1,3,9,12H,2,4-5H2. The second-order valence-electron chi connectivity index (χ2n) is 2.98. The van der Waals surface area contributed by atoms with Crippen LogP contribution in [0.25, 0.3) is 0 Å². The molecule has 2 aliphatic rings. The molecule has 0 N–H and O–H groups in total. The van der Waals surface area contributed by atoms with Crippen LogP contribution in [-0.4, -0.2) is 11.2 Å². The molecule has 0 radical (unpaired) electrons. The molecule has 0 aromatic heterocycles. The predicted octanol–water partition coefficient (Wildman–Crippen LogP) is 1.84. The van der Waals surface area contributed by atoms with Gasteiger partial charge in [-0.2, -0.15) is 0 Å². The van der Waals surface area contributed by atoms with Crippen molar-refractivity contribution in [3.63, 3.8) is 0 Å². The van der Waals surface area contributed by atoms with Crippen molar-refractivity contribution in [2.24, 2.45) is 0 Å². The molecule has 1 atom stereocenters. The molecule has 0 saturated heterocycles. The van der Waals surface area contributed by atoms with E-state index in [1.807, 2.05) is 12.2 Å². The predicted molar refractivity (Wildman–Crippen MR) is 48.9 cm³/mol. The van der Waals surface area contributed by atoms with Crippen molar-refractivity contribution in [3.8, 4) is 0 Å². The van der Waals surface area contributed by atoms with Crippen molar-refractivity contribution >= 4 is 18.4 Å². The number of rotatable bonds is 0. The van der Waals surface area contributed by atoms with E-state index in [0.717, 1.165) is 24.2 Å². The van der Waals surface area contributed by atoms with Crippen LogP contribution in [0.5, 0.6) is 0 Å². The maximum Gasteiger partial charge on any atom is 0.166 e. The van der Waals surface area contributed by atoms with Crippen LogP contribution in [0.4, 0.5) is 0 Å². The summed E-state index contributed by atoms with van der Waals surface area (Å²) in [6, 6.07) is 0. The number of Topliss-reactive ketones (excluding diaryl/α,β-unsaturated/α-hetero) is 1. The van der Waals surface area contributed by atoms with Gasteiger partial charge in [0, 0.05) is 12.0 Å². The molecule has 0 spiro atoms. The molecule has 2 nitrogen and oxygen atoms in total. The summed E-state index contributed by atoms with van der Waals surface area (Å²) in [4.78, 5) is 11.3. The third kappa shape index (κ3) is 1.29. The summed E-state index contributed by atoms with van der Waals surface area (Å²) in [6.45, 7) is 0. The molecule has 2 rings (SSSR count). The lowest BCUT2D eigenvalue weighted by atomic mass is 9.96. The molecule has 64 valence electrons. The van der Waals surface area contributed by atoms with Gasteiger partial charge in [-0.1, -0.05) is 6.08 Å². The largest absolute Gasteiger partial charge is 0.480 e. The SMILES string of the molecule is O=C1CC=CC2=C1CCC(S)O2. The number of thiol groups is 1. The molecule has 0 amide bonds. The van der Waals surface area contributed by atoms with E-state index in [2.05, 4.69) is 12.6 Å². The Kier molecular flexibility index (Phi) is 1.97. The molecule has 0 saturated carbocycles. The number of carbonyl (C=O) groups is 1. The fraction of sp³-hybridized carbons (Fsp3) is 0.444. The van der Waals surface area contributed by atoms with Crippen molar-refractivity contribution in [3.05, 3.63) is 23.5 Å². The highest BCUT2D eigenvalue weighted by atomic mass is 32.1. The van der Waals surface area contributed by atoms with Gasteiger partial charge in [-0.3, -0.25) is 4.79 Å². The van der Waals surface area contributed by atoms with E-state index < -0.39 is 0 Å². The molecular weight excluding hydrogens is 172 g/mol. The monoisotopic (exact) mass is 182 g/mol. The van der Waals surface area contributed by atoms with Crippen LogP contribution in [-0.2, 0) is 9.53 Å². The molecule has 0 bridgehead atoms. The quantitative estimate of drug-likeness (QED) is 0.578. The van der Waals surface area contributed by atoms with Gasteiger partial charge in [0.2, 0.25) is 0 Å². The van der Waals surface area contributed by atoms with Gasteiger partial charge in [0.25, 0.3) is 0 Å². The lowest BCUT2D eigenvalue weighted by Crippen LogP contribution is -2.19. The van der Waals surface area contributed by atoms with Crippen molar-refractivity contribution in [2.75, 3.05) is 0 Å². The minimum atomic E-state index is -0.0423. The Bertz CT molecular complexity index is 278. The molecule has 1 aliphatic heterocycles. The molecule has 1 heterocycles. The van der Waals surface area contributed by atoms with Gasteiger partial charge in [-0.05, 0) is 18.9 Å². The molecule has 0 aromatic rings. The van der Waals surface area contributed by atoms with E-state index >= 15 is 0 Å². The molecule has 1 aliphatic carbocycles. The van der Waals surface area contributed by atoms with Crippen molar-refractivity contribution in [1.82, 2.24) is 0 Å². The normalized spacial score (nSPS) is 28.4. The molecule has 0 fully saturated rings. The molecule has 3 heteroatoms. The van der Waals surface area contributed by atoms with Crippen molar-refractivity contribution < 1.29 is 9.53 Å². The second-order valence-corrected chi connectivity index (χ2v) is 3.56. The smallest absolute Gasteiger partial charge is 0.166 e. The highest BCUT2D eigenvalue weighted by Crippen LogP contribution is 2.29. The van der Waals surface area contributed by atoms with E-state index in [4.69, 9.17) is 4.74 Å². The van der Waals surface area contributed by atoms with Crippen LogP contribution >= 0.6 is 12.6 Å². The Labute approximate surface area is 76.7 Å². The fourth-order valence-electron chi connectivity index (χ4n) is 1.48. The highest BCUT2D eigenvalue weighted by Gasteiger charge is 2.24. The van der Waals surface area contributed by atoms with Crippen molar-refractivity contribution in [2.45, 2.75) is 24.7 Å². The first-order valence-corrected chi connectivity index (χ1v) is 4.56. The Morgan fingerprint density at radius 2 is 2.42 bits per heavy atom. The van der Waals surface area contributed by atoms with E-state index in [9.17, 15) is 4.79 Å². The summed E-state index contributed by atoms with van der Waals surface area (Å²) >= 11 is 4.21. The van der Waals surface area contributed by atoms with Crippen LogP contribution in [0.3, 0.4) is 0 Å². The van der Waals surface area contributed by atoms with E-state index in [1.165, 1.54) is 0 Å². The van der Waals surface area contributed by atoms with E-state index in [-0.39, 0.29) is 11.2 Å². The third-order valence-electron chi connectivity index (χ3n) is 2.11. The molecular formula is C9H10O2S. The van der Waals surface area contributed by atoms with Crippen molar-refractivity contribution in [1.29, 1.82) is 0 Å². The highest BCUT2D eigenvalue weighted by molar-refractivity contribution is 7.80. The summed E-state index contributed by atoms with van der Waals surface area (Å²) in [5.74, 6) is 0.935. The van der Waals surface area contributed by atoms with Gasteiger partial charge >= 0.3 is 0 Å². The minimum Gasteiger partial charge on any atom is -0.480 e. The average molecular weight is 182 g/mol. The van der Waals surface area contributed by atoms with Gasteiger partial charge in [0.1, 0.15) is 11.2 Å². The van der Waals surface area contributed by atoms with Gasteiger partial charge in [-0.25, -0.2) is 0 Å². The number of ketones is 1. The maximum atomic E-state index is 11.3. The zero-order valence-corrected chi connectivity index (χ0v) is 7.51. The van der Waals surface area contributed by atoms with Crippen LogP contribution in [0, 0.1) is 0 Å². The van der Waals surface area contributed by atoms with Gasteiger partial charge in [0.15, 0.2) is 5.78 Å². The number of hydrogen-bond donors (Lipinski definition) is 1. The van der Waals surface area contributed by atoms with Gasteiger partial charge in [-0.15, -0.1) is 12.6 Å². The first kappa shape index (κ1) is 7.92. The molecule has 12 heavy (non-hydrogen) atoms.